The number of rotatable bonds is 3. The van der Waals surface area contributed by atoms with E-state index in [1.807, 2.05) is 6.08 Å². The summed E-state index contributed by atoms with van der Waals surface area (Å²) in [5.74, 6) is 0. The third-order valence-corrected chi connectivity index (χ3v) is 2.90. The fourth-order valence-electron chi connectivity index (χ4n) is 2.24. The molecule has 2 rings (SSSR count). The summed E-state index contributed by atoms with van der Waals surface area (Å²) >= 11 is 0. The molecule has 0 aliphatic carbocycles. The number of hydrogen-bond acceptors (Lipinski definition) is 3. The maximum Gasteiger partial charge on any atom is 0.0721 e. The highest BCUT2D eigenvalue weighted by molar-refractivity contribution is 4.90. The summed E-state index contributed by atoms with van der Waals surface area (Å²) in [6.07, 6.45) is 3.44. The van der Waals surface area contributed by atoms with Crippen molar-refractivity contribution in [3.8, 4) is 0 Å². The van der Waals surface area contributed by atoms with Gasteiger partial charge >= 0.3 is 0 Å². The average molecular weight is 182 g/mol. The maximum absolute atomic E-state index is 5.66. The molecule has 2 unspecified atom stereocenters. The van der Waals surface area contributed by atoms with Gasteiger partial charge in [0.15, 0.2) is 0 Å². The number of fused-ring (bicyclic) bond motifs is 1. The van der Waals surface area contributed by atoms with E-state index >= 15 is 0 Å². The molecule has 1 N–H and O–H groups in total. The lowest BCUT2D eigenvalue weighted by Crippen LogP contribution is -2.47. The first-order valence-corrected chi connectivity index (χ1v) is 5.07. The van der Waals surface area contributed by atoms with Gasteiger partial charge in [-0.15, -0.1) is 6.58 Å². The molecule has 0 bridgehead atoms. The zero-order valence-corrected chi connectivity index (χ0v) is 8.04. The first kappa shape index (κ1) is 9.19. The molecule has 0 amide bonds. The molecule has 0 aromatic heterocycles. The highest BCUT2D eigenvalue weighted by Crippen LogP contribution is 2.20. The zero-order chi connectivity index (χ0) is 9.10. The molecule has 13 heavy (non-hydrogen) atoms. The average Bonchev–Trinajstić information content (AvgIpc) is 2.57. The fraction of sp³-hybridized carbons (Fsp3) is 0.800. The molecule has 3 heteroatoms. The minimum absolute atomic E-state index is 0.433. The zero-order valence-electron chi connectivity index (χ0n) is 8.04. The van der Waals surface area contributed by atoms with Gasteiger partial charge in [-0.3, -0.25) is 4.90 Å². The van der Waals surface area contributed by atoms with Gasteiger partial charge in [-0.2, -0.15) is 0 Å². The summed E-state index contributed by atoms with van der Waals surface area (Å²) in [5.41, 5.74) is 0. The first-order valence-electron chi connectivity index (χ1n) is 5.07. The summed E-state index contributed by atoms with van der Waals surface area (Å²) in [6, 6.07) is 0.712. The van der Waals surface area contributed by atoms with E-state index in [2.05, 4.69) is 16.8 Å². The number of nitrogens with zero attached hydrogens (tertiary/aromatic N) is 1. The maximum atomic E-state index is 5.66. The van der Waals surface area contributed by atoms with Gasteiger partial charge < -0.3 is 10.1 Å². The van der Waals surface area contributed by atoms with E-state index < -0.39 is 0 Å². The van der Waals surface area contributed by atoms with Crippen molar-refractivity contribution in [2.45, 2.75) is 18.6 Å². The molecular formula is C10H18N2O. The highest BCUT2D eigenvalue weighted by Gasteiger charge is 2.33. The van der Waals surface area contributed by atoms with Gasteiger partial charge in [0.05, 0.1) is 12.7 Å². The van der Waals surface area contributed by atoms with Crippen LogP contribution in [0.25, 0.3) is 0 Å². The Kier molecular flexibility index (Phi) is 2.98. The standard InChI is InChI=1S/C10H18N2O/c1-2-5-13-10-6-9-7-11-3-4-12(9)8-10/h2,9-11H,1,3-8H2. The van der Waals surface area contributed by atoms with Crippen LogP contribution in [0.2, 0.25) is 0 Å². The lowest BCUT2D eigenvalue weighted by molar-refractivity contribution is 0.0804. The molecule has 0 aromatic carbocycles. The largest absolute Gasteiger partial charge is 0.373 e. The molecule has 2 saturated heterocycles. The Morgan fingerprint density at radius 1 is 1.62 bits per heavy atom. The molecule has 2 fully saturated rings. The van der Waals surface area contributed by atoms with Crippen LogP contribution >= 0.6 is 0 Å². The van der Waals surface area contributed by atoms with Crippen molar-refractivity contribution in [1.29, 1.82) is 0 Å². The summed E-state index contributed by atoms with van der Waals surface area (Å²) < 4.78 is 5.66. The second-order valence-corrected chi connectivity index (χ2v) is 3.83. The van der Waals surface area contributed by atoms with E-state index in [9.17, 15) is 0 Å². The molecule has 2 aliphatic heterocycles. The van der Waals surface area contributed by atoms with Gasteiger partial charge in [0.25, 0.3) is 0 Å². The van der Waals surface area contributed by atoms with Gasteiger partial charge in [0, 0.05) is 32.2 Å². The quantitative estimate of drug-likeness (QED) is 0.633. The van der Waals surface area contributed by atoms with Crippen LogP contribution in [0.15, 0.2) is 12.7 Å². The van der Waals surface area contributed by atoms with Crippen LogP contribution in [0, 0.1) is 0 Å². The monoisotopic (exact) mass is 182 g/mol. The normalized spacial score (nSPS) is 34.5. The van der Waals surface area contributed by atoms with Crippen molar-refractivity contribution < 1.29 is 4.74 Å². The van der Waals surface area contributed by atoms with Crippen LogP contribution in [-0.2, 0) is 4.74 Å². The number of ether oxygens (including phenoxy) is 1. The van der Waals surface area contributed by atoms with Crippen LogP contribution in [-0.4, -0.2) is 49.8 Å². The smallest absolute Gasteiger partial charge is 0.0721 e. The van der Waals surface area contributed by atoms with Crippen molar-refractivity contribution in [2.24, 2.45) is 0 Å². The van der Waals surface area contributed by atoms with Crippen LogP contribution in [0.3, 0.4) is 0 Å². The lowest BCUT2D eigenvalue weighted by Gasteiger charge is -2.29. The Bertz CT molecular complexity index is 170. The van der Waals surface area contributed by atoms with Crippen molar-refractivity contribution in [1.82, 2.24) is 10.2 Å². The molecule has 0 spiro atoms. The van der Waals surface area contributed by atoms with Crippen molar-refractivity contribution in [3.63, 3.8) is 0 Å². The number of hydrogen-bond donors (Lipinski definition) is 1. The molecule has 2 atom stereocenters. The second kappa shape index (κ2) is 4.22. The van der Waals surface area contributed by atoms with Crippen LogP contribution < -0.4 is 5.32 Å². The predicted molar refractivity (Wildman–Crippen MR) is 52.8 cm³/mol. The van der Waals surface area contributed by atoms with Crippen LogP contribution in [0.4, 0.5) is 0 Å². The minimum Gasteiger partial charge on any atom is -0.373 e. The Balaban J connectivity index is 1.80. The van der Waals surface area contributed by atoms with E-state index in [-0.39, 0.29) is 0 Å². The molecular weight excluding hydrogens is 164 g/mol. The van der Waals surface area contributed by atoms with E-state index in [1.165, 1.54) is 13.0 Å². The Morgan fingerprint density at radius 2 is 2.54 bits per heavy atom. The molecule has 0 aromatic rings. The Morgan fingerprint density at radius 3 is 3.31 bits per heavy atom. The summed E-state index contributed by atoms with van der Waals surface area (Å²) in [7, 11) is 0. The molecule has 0 saturated carbocycles. The third-order valence-electron chi connectivity index (χ3n) is 2.90. The first-order chi connectivity index (χ1) is 6.40. The van der Waals surface area contributed by atoms with Crippen LogP contribution in [0.1, 0.15) is 6.42 Å². The molecule has 2 heterocycles. The van der Waals surface area contributed by atoms with Gasteiger partial charge in [-0.05, 0) is 6.42 Å². The molecule has 0 radical (unpaired) electrons. The van der Waals surface area contributed by atoms with E-state index in [1.54, 1.807) is 0 Å². The van der Waals surface area contributed by atoms with Crippen molar-refractivity contribution in [3.05, 3.63) is 12.7 Å². The van der Waals surface area contributed by atoms with Gasteiger partial charge in [-0.25, -0.2) is 0 Å². The predicted octanol–water partition coefficient (Wildman–Crippen LogP) is 0.235. The lowest BCUT2D eigenvalue weighted by atomic mass is 10.2. The Hall–Kier alpha value is -0.380. The Labute approximate surface area is 79.7 Å². The van der Waals surface area contributed by atoms with Gasteiger partial charge in [0.1, 0.15) is 0 Å². The van der Waals surface area contributed by atoms with E-state index in [0.29, 0.717) is 18.8 Å². The second-order valence-electron chi connectivity index (χ2n) is 3.83. The number of nitrogens with one attached hydrogen (secondary N) is 1. The SMILES string of the molecule is C=CCOC1CC2CNCCN2C1. The van der Waals surface area contributed by atoms with Crippen LogP contribution in [0.5, 0.6) is 0 Å². The summed E-state index contributed by atoms with van der Waals surface area (Å²) in [4.78, 5) is 2.53. The third kappa shape index (κ3) is 2.10. The summed E-state index contributed by atoms with van der Waals surface area (Å²) in [5, 5.41) is 3.42. The van der Waals surface area contributed by atoms with Crippen molar-refractivity contribution >= 4 is 0 Å². The van der Waals surface area contributed by atoms with Gasteiger partial charge in [-0.1, -0.05) is 6.08 Å². The fourth-order valence-corrected chi connectivity index (χ4v) is 2.24. The highest BCUT2D eigenvalue weighted by atomic mass is 16.5. The molecule has 2 aliphatic rings. The minimum atomic E-state index is 0.433. The van der Waals surface area contributed by atoms with Gasteiger partial charge in [0.2, 0.25) is 0 Å². The van der Waals surface area contributed by atoms with E-state index in [0.717, 1.165) is 19.6 Å². The molecule has 3 nitrogen and oxygen atoms in total. The van der Waals surface area contributed by atoms with E-state index in [4.69, 9.17) is 4.74 Å². The topological polar surface area (TPSA) is 24.5 Å². The van der Waals surface area contributed by atoms with Crippen molar-refractivity contribution in [2.75, 3.05) is 32.8 Å². The summed E-state index contributed by atoms with van der Waals surface area (Å²) in [6.45, 7) is 8.91. The molecule has 74 valence electrons. The number of piperazine rings is 1.